The predicted octanol–water partition coefficient (Wildman–Crippen LogP) is 1.82. The van der Waals surface area contributed by atoms with Crippen LogP contribution in [0.5, 0.6) is 5.75 Å². The zero-order chi connectivity index (χ0) is 20.4. The first-order valence-corrected chi connectivity index (χ1v) is 10.2. The summed E-state index contributed by atoms with van der Waals surface area (Å²) in [5.41, 5.74) is 3.49. The normalized spacial score (nSPS) is 19.9. The average molecular weight is 396 g/mol. The third-order valence-corrected chi connectivity index (χ3v) is 5.96. The van der Waals surface area contributed by atoms with Crippen LogP contribution in [-0.4, -0.2) is 72.2 Å². The summed E-state index contributed by atoms with van der Waals surface area (Å²) in [6.07, 6.45) is 1.23. The molecule has 4 rings (SSSR count). The van der Waals surface area contributed by atoms with Crippen LogP contribution >= 0.6 is 0 Å². The van der Waals surface area contributed by atoms with Crippen LogP contribution in [0.1, 0.15) is 39.6 Å². The number of aryl methyl sites for hydroxylation is 1. The van der Waals surface area contributed by atoms with Crippen molar-refractivity contribution in [2.75, 3.05) is 51.3 Å². The molecule has 7 heteroatoms. The molecule has 1 fully saturated rings. The van der Waals surface area contributed by atoms with Crippen molar-refractivity contribution >= 4 is 11.7 Å². The Hall–Kier alpha value is -2.51. The van der Waals surface area contributed by atoms with Crippen molar-refractivity contribution in [2.45, 2.75) is 25.7 Å². The molecule has 0 spiro atoms. The van der Waals surface area contributed by atoms with Crippen molar-refractivity contribution in [3.05, 3.63) is 46.8 Å². The lowest BCUT2D eigenvalue weighted by molar-refractivity contribution is 0.0962. The first kappa shape index (κ1) is 19.8. The molecule has 1 N–H and O–H groups in total. The third-order valence-electron chi connectivity index (χ3n) is 5.96. The monoisotopic (exact) mass is 396 g/mol. The molecule has 1 aromatic heterocycles. The standard InChI is InChI=1S/C22H28N4O3/c1-15-21-19(24-22(23-15)26-9-7-25(8-10-26)11-12-27)13-17(14-20(21)28)16-3-5-18(29-2)6-4-16/h3-6,17,27H,7-14H2,1-2H3. The lowest BCUT2D eigenvalue weighted by atomic mass is 9.81. The second-order valence-electron chi connectivity index (χ2n) is 7.78. The van der Waals surface area contributed by atoms with Crippen LogP contribution in [0.15, 0.2) is 24.3 Å². The van der Waals surface area contributed by atoms with Gasteiger partial charge in [0, 0.05) is 39.1 Å². The number of nitrogens with zero attached hydrogens (tertiary/aromatic N) is 4. The summed E-state index contributed by atoms with van der Waals surface area (Å²) in [7, 11) is 1.65. The van der Waals surface area contributed by atoms with E-state index in [1.54, 1.807) is 7.11 Å². The number of ketones is 1. The van der Waals surface area contributed by atoms with E-state index < -0.39 is 0 Å². The van der Waals surface area contributed by atoms with E-state index in [0.717, 1.165) is 55.3 Å². The largest absolute Gasteiger partial charge is 0.497 e. The van der Waals surface area contributed by atoms with Gasteiger partial charge in [-0.3, -0.25) is 9.69 Å². The Labute approximate surface area is 171 Å². The van der Waals surface area contributed by atoms with Crippen molar-refractivity contribution in [3.63, 3.8) is 0 Å². The molecule has 154 valence electrons. The van der Waals surface area contributed by atoms with E-state index in [0.29, 0.717) is 24.5 Å². The van der Waals surface area contributed by atoms with Crippen molar-refractivity contribution in [1.29, 1.82) is 0 Å². The van der Waals surface area contributed by atoms with Gasteiger partial charge in [0.05, 0.1) is 30.7 Å². The Morgan fingerprint density at radius 2 is 1.83 bits per heavy atom. The molecule has 1 saturated heterocycles. The molecule has 1 aliphatic carbocycles. The van der Waals surface area contributed by atoms with Gasteiger partial charge in [0.2, 0.25) is 5.95 Å². The number of fused-ring (bicyclic) bond motifs is 1. The van der Waals surface area contributed by atoms with Gasteiger partial charge in [0.15, 0.2) is 5.78 Å². The first-order valence-electron chi connectivity index (χ1n) is 10.2. The topological polar surface area (TPSA) is 78.8 Å². The SMILES string of the molecule is COc1ccc(C2CC(=O)c3c(C)nc(N4CCN(CCO)CC4)nc3C2)cc1. The van der Waals surface area contributed by atoms with Crippen molar-refractivity contribution in [2.24, 2.45) is 0 Å². The number of ether oxygens (including phenoxy) is 1. The van der Waals surface area contributed by atoms with Crippen LogP contribution in [0.4, 0.5) is 5.95 Å². The minimum Gasteiger partial charge on any atom is -0.497 e. The second kappa shape index (κ2) is 8.47. The molecular weight excluding hydrogens is 368 g/mol. The highest BCUT2D eigenvalue weighted by atomic mass is 16.5. The summed E-state index contributed by atoms with van der Waals surface area (Å²) in [4.78, 5) is 26.8. The fourth-order valence-corrected chi connectivity index (χ4v) is 4.32. The maximum atomic E-state index is 12.9. The van der Waals surface area contributed by atoms with Crippen LogP contribution in [0, 0.1) is 6.92 Å². The van der Waals surface area contributed by atoms with Gasteiger partial charge in [-0.1, -0.05) is 12.1 Å². The molecule has 7 nitrogen and oxygen atoms in total. The molecule has 0 bridgehead atoms. The maximum Gasteiger partial charge on any atom is 0.225 e. The highest BCUT2D eigenvalue weighted by Crippen LogP contribution is 2.34. The van der Waals surface area contributed by atoms with E-state index >= 15 is 0 Å². The number of β-amino-alcohol motifs (C(OH)–C–C–N with tert-alkyl or cyclic N) is 1. The average Bonchev–Trinajstić information content (AvgIpc) is 2.74. The fraction of sp³-hybridized carbons (Fsp3) is 0.500. The van der Waals surface area contributed by atoms with Crippen LogP contribution in [0.2, 0.25) is 0 Å². The molecule has 2 heterocycles. The highest BCUT2D eigenvalue weighted by molar-refractivity contribution is 5.99. The number of methoxy groups -OCH3 is 1. The highest BCUT2D eigenvalue weighted by Gasteiger charge is 2.31. The number of aliphatic hydroxyl groups excluding tert-OH is 1. The number of aliphatic hydroxyl groups is 1. The summed E-state index contributed by atoms with van der Waals surface area (Å²) >= 11 is 0. The molecule has 0 radical (unpaired) electrons. The molecule has 0 saturated carbocycles. The van der Waals surface area contributed by atoms with Crippen LogP contribution in [0.25, 0.3) is 0 Å². The smallest absolute Gasteiger partial charge is 0.225 e. The Morgan fingerprint density at radius 1 is 1.10 bits per heavy atom. The van der Waals surface area contributed by atoms with E-state index in [-0.39, 0.29) is 18.3 Å². The summed E-state index contributed by atoms with van der Waals surface area (Å²) in [5.74, 6) is 1.79. The Morgan fingerprint density at radius 3 is 2.48 bits per heavy atom. The minimum atomic E-state index is 0.129. The number of hydrogen-bond acceptors (Lipinski definition) is 7. The molecule has 1 aliphatic heterocycles. The molecule has 1 atom stereocenters. The summed E-state index contributed by atoms with van der Waals surface area (Å²) < 4.78 is 5.24. The van der Waals surface area contributed by atoms with Crippen molar-refractivity contribution < 1.29 is 14.6 Å². The van der Waals surface area contributed by atoms with Gasteiger partial charge in [0.1, 0.15) is 5.75 Å². The van der Waals surface area contributed by atoms with Crippen molar-refractivity contribution in [1.82, 2.24) is 14.9 Å². The van der Waals surface area contributed by atoms with Crippen LogP contribution in [-0.2, 0) is 6.42 Å². The quantitative estimate of drug-likeness (QED) is 0.826. The van der Waals surface area contributed by atoms with Gasteiger partial charge in [-0.15, -0.1) is 0 Å². The number of rotatable bonds is 5. The number of anilines is 1. The molecule has 1 aromatic carbocycles. The zero-order valence-electron chi connectivity index (χ0n) is 17.1. The van der Waals surface area contributed by atoms with Gasteiger partial charge < -0.3 is 14.7 Å². The fourth-order valence-electron chi connectivity index (χ4n) is 4.32. The first-order chi connectivity index (χ1) is 14.1. The molecule has 0 amide bonds. The number of carbonyl (C=O) groups excluding carboxylic acids is 1. The van der Waals surface area contributed by atoms with E-state index in [1.165, 1.54) is 0 Å². The van der Waals surface area contributed by atoms with E-state index in [9.17, 15) is 4.79 Å². The predicted molar refractivity (Wildman–Crippen MR) is 111 cm³/mol. The van der Waals surface area contributed by atoms with E-state index in [1.807, 2.05) is 31.2 Å². The molecule has 2 aromatic rings. The summed E-state index contributed by atoms with van der Waals surface area (Å²) in [6.45, 7) is 6.22. The van der Waals surface area contributed by atoms with Gasteiger partial charge in [0.25, 0.3) is 0 Å². The van der Waals surface area contributed by atoms with E-state index in [2.05, 4.69) is 14.8 Å². The number of aromatic nitrogens is 2. The van der Waals surface area contributed by atoms with Crippen molar-refractivity contribution in [3.8, 4) is 5.75 Å². The number of benzene rings is 1. The van der Waals surface area contributed by atoms with Crippen LogP contribution < -0.4 is 9.64 Å². The molecular formula is C22H28N4O3. The number of carbonyl (C=O) groups is 1. The Balaban J connectivity index is 1.56. The van der Waals surface area contributed by atoms with E-state index in [4.69, 9.17) is 14.8 Å². The molecule has 1 unspecified atom stereocenters. The lowest BCUT2D eigenvalue weighted by Gasteiger charge is -2.35. The molecule has 2 aliphatic rings. The Bertz CT molecular complexity index is 876. The molecule has 29 heavy (non-hydrogen) atoms. The Kier molecular flexibility index (Phi) is 5.78. The van der Waals surface area contributed by atoms with Gasteiger partial charge >= 0.3 is 0 Å². The van der Waals surface area contributed by atoms with Gasteiger partial charge in [-0.2, -0.15) is 0 Å². The van der Waals surface area contributed by atoms with Crippen LogP contribution in [0.3, 0.4) is 0 Å². The summed E-state index contributed by atoms with van der Waals surface area (Å²) in [5, 5.41) is 9.12. The lowest BCUT2D eigenvalue weighted by Crippen LogP contribution is -2.48. The minimum absolute atomic E-state index is 0.129. The van der Waals surface area contributed by atoms with Gasteiger partial charge in [-0.25, -0.2) is 9.97 Å². The summed E-state index contributed by atoms with van der Waals surface area (Å²) in [6, 6.07) is 7.96. The maximum absolute atomic E-state index is 12.9. The number of Topliss-reactive ketones (excluding diaryl/α,β-unsaturated/α-hetero) is 1. The number of piperazine rings is 1. The third kappa shape index (κ3) is 4.11. The zero-order valence-corrected chi connectivity index (χ0v) is 17.1. The second-order valence-corrected chi connectivity index (χ2v) is 7.78. The number of hydrogen-bond donors (Lipinski definition) is 1. The van der Waals surface area contributed by atoms with Gasteiger partial charge in [-0.05, 0) is 37.0 Å².